The highest BCUT2D eigenvalue weighted by atomic mass is 32.1. The molecule has 0 heterocycles. The van der Waals surface area contributed by atoms with Crippen LogP contribution in [0, 0.1) is 0 Å². The summed E-state index contributed by atoms with van der Waals surface area (Å²) >= 11 is 4.60. The fourth-order valence-corrected chi connectivity index (χ4v) is 2.34. The molecule has 0 aliphatic rings. The van der Waals surface area contributed by atoms with Crippen LogP contribution in [0.2, 0.25) is 0 Å². The van der Waals surface area contributed by atoms with Gasteiger partial charge in [0.25, 0.3) is 0 Å². The number of ether oxygens (including phenoxy) is 1. The second-order valence-corrected chi connectivity index (χ2v) is 8.42. The number of hydrogen-bond acceptors (Lipinski definition) is 2. The zero-order chi connectivity index (χ0) is 17.1. The van der Waals surface area contributed by atoms with Crippen molar-refractivity contribution >= 4 is 24.8 Å². The van der Waals surface area contributed by atoms with Crippen LogP contribution in [0.4, 0.5) is 0 Å². The first-order chi connectivity index (χ1) is 10.6. The highest BCUT2D eigenvalue weighted by Gasteiger charge is 2.13. The van der Waals surface area contributed by atoms with Crippen molar-refractivity contribution in [1.82, 2.24) is 0 Å². The molecule has 0 atom stereocenters. The van der Waals surface area contributed by atoms with Crippen LogP contribution in [0.3, 0.4) is 0 Å². The van der Waals surface area contributed by atoms with Gasteiger partial charge in [0.05, 0.1) is 0 Å². The molecular formula is C21H26OS. The van der Waals surface area contributed by atoms with Crippen molar-refractivity contribution in [2.24, 2.45) is 0 Å². The molecule has 0 aromatic heterocycles. The van der Waals surface area contributed by atoms with Gasteiger partial charge in [-0.2, -0.15) is 12.6 Å². The van der Waals surface area contributed by atoms with Crippen molar-refractivity contribution in [2.75, 3.05) is 0 Å². The van der Waals surface area contributed by atoms with Gasteiger partial charge >= 0.3 is 0 Å². The summed E-state index contributed by atoms with van der Waals surface area (Å²) in [6.45, 7) is 10.4. The SMILES string of the molecule is CC(C)(C)Oc1ccc(/C=C/c2ccc(C(C)(C)S)cc2)cc1. The van der Waals surface area contributed by atoms with Crippen molar-refractivity contribution in [1.29, 1.82) is 0 Å². The summed E-state index contributed by atoms with van der Waals surface area (Å²) in [5, 5.41) is 0. The Morgan fingerprint density at radius 3 is 1.57 bits per heavy atom. The third-order valence-corrected chi connectivity index (χ3v) is 3.65. The van der Waals surface area contributed by atoms with E-state index in [4.69, 9.17) is 4.74 Å². The third-order valence-electron chi connectivity index (χ3n) is 3.39. The van der Waals surface area contributed by atoms with Gasteiger partial charge in [0, 0.05) is 4.75 Å². The maximum absolute atomic E-state index is 5.83. The molecule has 0 radical (unpaired) electrons. The Kier molecular flexibility index (Phi) is 5.26. The highest BCUT2D eigenvalue weighted by molar-refractivity contribution is 7.81. The van der Waals surface area contributed by atoms with Gasteiger partial charge in [0.15, 0.2) is 0 Å². The minimum atomic E-state index is -0.167. The molecule has 0 saturated carbocycles. The molecule has 1 nitrogen and oxygen atoms in total. The predicted octanol–water partition coefficient (Wildman–Crippen LogP) is 6.20. The molecule has 0 aliphatic heterocycles. The minimum Gasteiger partial charge on any atom is -0.488 e. The van der Waals surface area contributed by atoms with E-state index in [0.717, 1.165) is 11.3 Å². The Morgan fingerprint density at radius 2 is 1.17 bits per heavy atom. The molecule has 0 fully saturated rings. The molecule has 0 N–H and O–H groups in total. The van der Waals surface area contributed by atoms with Crippen molar-refractivity contribution < 1.29 is 4.74 Å². The minimum absolute atomic E-state index is 0.106. The van der Waals surface area contributed by atoms with Crippen molar-refractivity contribution in [2.45, 2.75) is 45.0 Å². The summed E-state index contributed by atoms with van der Waals surface area (Å²) in [5.74, 6) is 0.898. The molecule has 23 heavy (non-hydrogen) atoms. The molecule has 0 aliphatic carbocycles. The summed E-state index contributed by atoms with van der Waals surface area (Å²) in [5.41, 5.74) is 3.40. The number of hydrogen-bond donors (Lipinski definition) is 1. The quantitative estimate of drug-likeness (QED) is 0.520. The zero-order valence-corrected chi connectivity index (χ0v) is 15.5. The van der Waals surface area contributed by atoms with Gasteiger partial charge in [-0.15, -0.1) is 0 Å². The molecule has 2 rings (SSSR count). The Balaban J connectivity index is 2.05. The van der Waals surface area contributed by atoms with Crippen LogP contribution in [0.15, 0.2) is 48.5 Å². The van der Waals surface area contributed by atoms with E-state index in [9.17, 15) is 0 Å². The Bertz CT molecular complexity index is 653. The van der Waals surface area contributed by atoms with Gasteiger partial charge in [-0.1, -0.05) is 48.6 Å². The highest BCUT2D eigenvalue weighted by Crippen LogP contribution is 2.27. The monoisotopic (exact) mass is 326 g/mol. The maximum atomic E-state index is 5.83. The van der Waals surface area contributed by atoms with E-state index >= 15 is 0 Å². The van der Waals surface area contributed by atoms with E-state index in [1.165, 1.54) is 11.1 Å². The van der Waals surface area contributed by atoms with Gasteiger partial charge in [-0.25, -0.2) is 0 Å². The lowest BCUT2D eigenvalue weighted by Gasteiger charge is -2.21. The van der Waals surface area contributed by atoms with Crippen LogP contribution >= 0.6 is 12.6 Å². The molecule has 122 valence electrons. The zero-order valence-electron chi connectivity index (χ0n) is 14.6. The fourth-order valence-electron chi connectivity index (χ4n) is 2.20. The summed E-state index contributed by atoms with van der Waals surface area (Å²) < 4.78 is 5.73. The molecule has 0 spiro atoms. The van der Waals surface area contributed by atoms with Crippen LogP contribution in [0.1, 0.15) is 51.3 Å². The first kappa shape index (κ1) is 17.7. The lowest BCUT2D eigenvalue weighted by atomic mass is 10.0. The Hall–Kier alpha value is -1.67. The molecule has 2 aromatic carbocycles. The molecule has 0 bridgehead atoms. The summed E-state index contributed by atoms with van der Waals surface area (Å²) in [6, 6.07) is 16.7. The molecule has 0 amide bonds. The standard InChI is InChI=1S/C21H26OS/c1-20(2,3)22-19-14-10-17(11-15-19)7-6-16-8-12-18(13-9-16)21(4,5)23/h6-15,23H,1-5H3/b7-6+. The van der Waals surface area contributed by atoms with Crippen molar-refractivity contribution in [3.05, 3.63) is 65.2 Å². The van der Waals surface area contributed by atoms with Crippen LogP contribution in [0.5, 0.6) is 5.75 Å². The third kappa shape index (κ3) is 5.80. The summed E-state index contributed by atoms with van der Waals surface area (Å²) in [4.78, 5) is 0. The fraction of sp³-hybridized carbons (Fsp3) is 0.333. The van der Waals surface area contributed by atoms with Crippen LogP contribution in [-0.2, 0) is 4.75 Å². The van der Waals surface area contributed by atoms with Gasteiger partial charge in [-0.3, -0.25) is 0 Å². The first-order valence-corrected chi connectivity index (χ1v) is 8.38. The number of benzene rings is 2. The Labute approximate surface area is 145 Å². The van der Waals surface area contributed by atoms with E-state index in [-0.39, 0.29) is 10.3 Å². The molecular weight excluding hydrogens is 300 g/mol. The topological polar surface area (TPSA) is 9.23 Å². The lowest BCUT2D eigenvalue weighted by molar-refractivity contribution is 0.131. The average Bonchev–Trinajstić information content (AvgIpc) is 2.44. The van der Waals surface area contributed by atoms with E-state index < -0.39 is 0 Å². The lowest BCUT2D eigenvalue weighted by Crippen LogP contribution is -2.22. The van der Waals surface area contributed by atoms with Gasteiger partial charge < -0.3 is 4.74 Å². The number of rotatable bonds is 4. The molecule has 0 saturated heterocycles. The normalized spacial score (nSPS) is 12.6. The van der Waals surface area contributed by atoms with Crippen LogP contribution in [-0.4, -0.2) is 5.60 Å². The van der Waals surface area contributed by atoms with E-state index in [1.807, 2.05) is 12.1 Å². The van der Waals surface area contributed by atoms with Crippen molar-refractivity contribution in [3.63, 3.8) is 0 Å². The first-order valence-electron chi connectivity index (χ1n) is 7.94. The van der Waals surface area contributed by atoms with Crippen LogP contribution < -0.4 is 4.74 Å². The van der Waals surface area contributed by atoms with Gasteiger partial charge in [0.1, 0.15) is 11.4 Å². The van der Waals surface area contributed by atoms with E-state index in [1.54, 1.807) is 0 Å². The number of thiol groups is 1. The summed E-state index contributed by atoms with van der Waals surface area (Å²) in [6.07, 6.45) is 4.23. The Morgan fingerprint density at radius 1 is 0.739 bits per heavy atom. The average molecular weight is 327 g/mol. The summed E-state index contributed by atoms with van der Waals surface area (Å²) in [7, 11) is 0. The second-order valence-electron chi connectivity index (χ2n) is 7.30. The second kappa shape index (κ2) is 6.84. The molecule has 2 aromatic rings. The molecule has 0 unspecified atom stereocenters. The molecule has 2 heteroatoms. The van der Waals surface area contributed by atoms with Crippen LogP contribution in [0.25, 0.3) is 12.2 Å². The van der Waals surface area contributed by atoms with Gasteiger partial charge in [-0.05, 0) is 63.4 Å². The maximum Gasteiger partial charge on any atom is 0.120 e. The van der Waals surface area contributed by atoms with E-state index in [0.29, 0.717) is 0 Å². The van der Waals surface area contributed by atoms with Crippen molar-refractivity contribution in [3.8, 4) is 5.75 Å². The van der Waals surface area contributed by atoms with E-state index in [2.05, 4.69) is 95.8 Å². The van der Waals surface area contributed by atoms with Gasteiger partial charge in [0.2, 0.25) is 0 Å². The smallest absolute Gasteiger partial charge is 0.120 e. The largest absolute Gasteiger partial charge is 0.488 e. The predicted molar refractivity (Wildman–Crippen MR) is 104 cm³/mol.